The first-order valence-electron chi connectivity index (χ1n) is 9.47. The fourth-order valence-corrected chi connectivity index (χ4v) is 3.23. The lowest BCUT2D eigenvalue weighted by Crippen LogP contribution is -2.34. The maximum absolute atomic E-state index is 12.5. The van der Waals surface area contributed by atoms with Gasteiger partial charge in [0.2, 0.25) is 0 Å². The highest BCUT2D eigenvalue weighted by molar-refractivity contribution is 5.94. The molecule has 1 saturated heterocycles. The molecule has 0 saturated carbocycles. The van der Waals surface area contributed by atoms with E-state index >= 15 is 0 Å². The molecule has 0 bridgehead atoms. The van der Waals surface area contributed by atoms with E-state index in [2.05, 4.69) is 22.3 Å². The van der Waals surface area contributed by atoms with Crippen molar-refractivity contribution in [2.24, 2.45) is 0 Å². The zero-order valence-electron chi connectivity index (χ0n) is 16.1. The summed E-state index contributed by atoms with van der Waals surface area (Å²) in [7, 11) is 4.04. The molecule has 1 aliphatic heterocycles. The highest BCUT2D eigenvalue weighted by Gasteiger charge is 2.17. The van der Waals surface area contributed by atoms with E-state index in [0.29, 0.717) is 18.7 Å². The zero-order chi connectivity index (χ0) is 19.1. The van der Waals surface area contributed by atoms with Crippen LogP contribution in [0.15, 0.2) is 54.6 Å². The quantitative estimate of drug-likeness (QED) is 0.777. The molecule has 2 atom stereocenters. The average Bonchev–Trinajstić information content (AvgIpc) is 3.21. The van der Waals surface area contributed by atoms with Gasteiger partial charge >= 0.3 is 0 Å². The molecule has 3 rings (SSSR count). The number of likely N-dealkylation sites (N-methyl/N-ethyl adjacent to an activating group) is 1. The fourth-order valence-electron chi connectivity index (χ4n) is 3.23. The Morgan fingerprint density at radius 1 is 1.19 bits per heavy atom. The number of nitrogens with zero attached hydrogens (tertiary/aromatic N) is 1. The minimum Gasteiger partial charge on any atom is -0.491 e. The van der Waals surface area contributed by atoms with Crippen molar-refractivity contribution < 1.29 is 14.3 Å². The van der Waals surface area contributed by atoms with E-state index in [9.17, 15) is 4.79 Å². The van der Waals surface area contributed by atoms with Gasteiger partial charge < -0.3 is 19.7 Å². The van der Waals surface area contributed by atoms with Gasteiger partial charge in [-0.05, 0) is 56.8 Å². The van der Waals surface area contributed by atoms with Crippen LogP contribution in [-0.4, -0.2) is 50.8 Å². The van der Waals surface area contributed by atoms with Gasteiger partial charge in [0.05, 0.1) is 12.1 Å². The number of carbonyl (C=O) groups is 1. The lowest BCUT2D eigenvalue weighted by Gasteiger charge is -2.25. The summed E-state index contributed by atoms with van der Waals surface area (Å²) in [6.45, 7) is 1.93. The highest BCUT2D eigenvalue weighted by Crippen LogP contribution is 2.18. The highest BCUT2D eigenvalue weighted by atomic mass is 16.5. The molecule has 5 heteroatoms. The largest absolute Gasteiger partial charge is 0.491 e. The molecule has 0 spiro atoms. The van der Waals surface area contributed by atoms with E-state index in [4.69, 9.17) is 9.47 Å². The standard InChI is InChI=1S/C22H28N2O3/c1-24(2)21(17-7-4-3-5-8-17)15-23-22(25)18-10-12-19(13-11-18)27-16-20-9-6-14-26-20/h3-5,7-8,10-13,20-21H,6,9,14-16H2,1-2H3,(H,23,25)/t20-,21+/m0/s1. The Hall–Kier alpha value is -2.37. The van der Waals surface area contributed by atoms with Crippen molar-refractivity contribution in [3.05, 3.63) is 65.7 Å². The third kappa shape index (κ3) is 5.55. The number of benzene rings is 2. The Morgan fingerprint density at radius 2 is 1.93 bits per heavy atom. The third-order valence-electron chi connectivity index (χ3n) is 4.84. The number of hydrogen-bond acceptors (Lipinski definition) is 4. The van der Waals surface area contributed by atoms with Gasteiger partial charge in [-0.25, -0.2) is 0 Å². The van der Waals surface area contributed by atoms with Gasteiger partial charge in [-0.1, -0.05) is 30.3 Å². The van der Waals surface area contributed by atoms with Crippen molar-refractivity contribution in [3.8, 4) is 5.75 Å². The first kappa shape index (κ1) is 19.4. The molecule has 5 nitrogen and oxygen atoms in total. The number of amides is 1. The number of ether oxygens (including phenoxy) is 2. The van der Waals surface area contributed by atoms with Crippen LogP contribution in [0.4, 0.5) is 0 Å². The zero-order valence-corrected chi connectivity index (χ0v) is 16.1. The van der Waals surface area contributed by atoms with E-state index in [-0.39, 0.29) is 18.1 Å². The van der Waals surface area contributed by atoms with Gasteiger partial charge in [0.1, 0.15) is 12.4 Å². The summed E-state index contributed by atoms with van der Waals surface area (Å²) >= 11 is 0. The summed E-state index contributed by atoms with van der Waals surface area (Å²) in [5, 5.41) is 3.03. The maximum atomic E-state index is 12.5. The minimum atomic E-state index is -0.0801. The normalized spacial score (nSPS) is 17.7. The van der Waals surface area contributed by atoms with Crippen molar-refractivity contribution >= 4 is 5.91 Å². The minimum absolute atomic E-state index is 0.0801. The average molecular weight is 368 g/mol. The van der Waals surface area contributed by atoms with Gasteiger partial charge in [0, 0.05) is 18.7 Å². The molecule has 1 heterocycles. The molecule has 2 aromatic carbocycles. The van der Waals surface area contributed by atoms with Crippen LogP contribution in [0.2, 0.25) is 0 Å². The monoisotopic (exact) mass is 368 g/mol. The van der Waals surface area contributed by atoms with E-state index in [1.165, 1.54) is 5.56 Å². The second kappa shape index (κ2) is 9.53. The lowest BCUT2D eigenvalue weighted by molar-refractivity contribution is 0.0679. The van der Waals surface area contributed by atoms with Crippen LogP contribution >= 0.6 is 0 Å². The van der Waals surface area contributed by atoms with Gasteiger partial charge in [-0.2, -0.15) is 0 Å². The van der Waals surface area contributed by atoms with Crippen molar-refractivity contribution in [2.75, 3.05) is 33.9 Å². The molecule has 0 radical (unpaired) electrons. The van der Waals surface area contributed by atoms with Crippen LogP contribution in [-0.2, 0) is 4.74 Å². The van der Waals surface area contributed by atoms with Crippen molar-refractivity contribution in [3.63, 3.8) is 0 Å². The molecule has 144 valence electrons. The molecule has 1 amide bonds. The van der Waals surface area contributed by atoms with Crippen LogP contribution in [0.3, 0.4) is 0 Å². The summed E-state index contributed by atoms with van der Waals surface area (Å²) in [6.07, 6.45) is 2.34. The number of carbonyl (C=O) groups excluding carboxylic acids is 1. The Bertz CT molecular complexity index is 710. The molecule has 1 N–H and O–H groups in total. The molecule has 0 unspecified atom stereocenters. The maximum Gasteiger partial charge on any atom is 0.251 e. The lowest BCUT2D eigenvalue weighted by atomic mass is 10.1. The van der Waals surface area contributed by atoms with E-state index < -0.39 is 0 Å². The molecule has 1 aliphatic rings. The summed E-state index contributed by atoms with van der Waals surface area (Å²) in [4.78, 5) is 14.6. The Kier molecular flexibility index (Phi) is 6.85. The molecular weight excluding hydrogens is 340 g/mol. The number of rotatable bonds is 8. The predicted octanol–water partition coefficient (Wildman–Crippen LogP) is 3.28. The molecule has 2 aromatic rings. The second-order valence-corrected chi connectivity index (χ2v) is 7.07. The van der Waals surface area contributed by atoms with Crippen LogP contribution in [0.5, 0.6) is 5.75 Å². The van der Waals surface area contributed by atoms with Gasteiger partial charge in [-0.15, -0.1) is 0 Å². The van der Waals surface area contributed by atoms with Gasteiger partial charge in [0.25, 0.3) is 5.91 Å². The smallest absolute Gasteiger partial charge is 0.251 e. The number of hydrogen-bond donors (Lipinski definition) is 1. The van der Waals surface area contributed by atoms with Crippen LogP contribution < -0.4 is 10.1 Å². The Balaban J connectivity index is 1.52. The summed E-state index contributed by atoms with van der Waals surface area (Å²) in [5.74, 6) is 0.681. The van der Waals surface area contributed by atoms with Crippen LogP contribution in [0, 0.1) is 0 Å². The summed E-state index contributed by atoms with van der Waals surface area (Å²) < 4.78 is 11.3. The van der Waals surface area contributed by atoms with E-state index in [0.717, 1.165) is 25.2 Å². The van der Waals surface area contributed by atoms with Gasteiger partial charge in [0.15, 0.2) is 0 Å². The van der Waals surface area contributed by atoms with Gasteiger partial charge in [-0.3, -0.25) is 4.79 Å². The van der Waals surface area contributed by atoms with Crippen LogP contribution in [0.25, 0.3) is 0 Å². The summed E-state index contributed by atoms with van der Waals surface area (Å²) in [5.41, 5.74) is 1.81. The molecule has 0 aromatic heterocycles. The van der Waals surface area contributed by atoms with E-state index in [1.807, 2.05) is 44.4 Å². The Morgan fingerprint density at radius 3 is 2.56 bits per heavy atom. The molecular formula is C22H28N2O3. The fraction of sp³-hybridized carbons (Fsp3) is 0.409. The van der Waals surface area contributed by atoms with Crippen LogP contribution in [0.1, 0.15) is 34.8 Å². The molecule has 0 aliphatic carbocycles. The summed E-state index contributed by atoms with van der Waals surface area (Å²) in [6, 6.07) is 17.6. The second-order valence-electron chi connectivity index (χ2n) is 7.07. The Labute approximate surface area is 161 Å². The van der Waals surface area contributed by atoms with Crippen molar-refractivity contribution in [1.82, 2.24) is 10.2 Å². The third-order valence-corrected chi connectivity index (χ3v) is 4.84. The predicted molar refractivity (Wildman–Crippen MR) is 106 cm³/mol. The topological polar surface area (TPSA) is 50.8 Å². The number of nitrogens with one attached hydrogen (secondary N) is 1. The molecule has 27 heavy (non-hydrogen) atoms. The first-order valence-corrected chi connectivity index (χ1v) is 9.47. The SMILES string of the molecule is CN(C)[C@H](CNC(=O)c1ccc(OC[C@@H]2CCCO2)cc1)c1ccccc1. The van der Waals surface area contributed by atoms with Crippen molar-refractivity contribution in [2.45, 2.75) is 25.0 Å². The van der Waals surface area contributed by atoms with E-state index in [1.54, 1.807) is 12.1 Å². The first-order chi connectivity index (χ1) is 13.1. The molecule has 1 fully saturated rings. The van der Waals surface area contributed by atoms with Crippen molar-refractivity contribution in [1.29, 1.82) is 0 Å².